The maximum atomic E-state index is 12.1. The zero-order valence-electron chi connectivity index (χ0n) is 12.0. The second kappa shape index (κ2) is 7.46. The van der Waals surface area contributed by atoms with Crippen molar-refractivity contribution in [3.63, 3.8) is 0 Å². The molecule has 0 bridgehead atoms. The van der Waals surface area contributed by atoms with Crippen LogP contribution in [0.1, 0.15) is 40.0 Å². The molecule has 0 aromatic rings. The molecule has 1 heterocycles. The molecular formula is C13H28N2O2S. The molecule has 0 amide bonds. The number of rotatable bonds is 7. The van der Waals surface area contributed by atoms with E-state index in [-0.39, 0.29) is 5.75 Å². The van der Waals surface area contributed by atoms with Gasteiger partial charge in [-0.3, -0.25) is 0 Å². The van der Waals surface area contributed by atoms with Crippen LogP contribution in [0.3, 0.4) is 0 Å². The minimum Gasteiger partial charge on any atom is -0.317 e. The SMILES string of the molecule is CCNCCCS(=O)(=O)N1CCC(C(C)C)CC1. The van der Waals surface area contributed by atoms with Crippen LogP contribution < -0.4 is 5.32 Å². The van der Waals surface area contributed by atoms with Crippen molar-refractivity contribution in [2.45, 2.75) is 40.0 Å². The largest absolute Gasteiger partial charge is 0.317 e. The molecule has 1 aliphatic heterocycles. The van der Waals surface area contributed by atoms with Gasteiger partial charge in [-0.1, -0.05) is 20.8 Å². The van der Waals surface area contributed by atoms with Crippen LogP contribution in [-0.2, 0) is 10.0 Å². The first-order valence-electron chi connectivity index (χ1n) is 7.16. The van der Waals surface area contributed by atoms with Crippen molar-refractivity contribution in [3.8, 4) is 0 Å². The number of hydrogen-bond acceptors (Lipinski definition) is 3. The van der Waals surface area contributed by atoms with E-state index in [1.807, 2.05) is 6.92 Å². The van der Waals surface area contributed by atoms with Crippen LogP contribution in [0.25, 0.3) is 0 Å². The van der Waals surface area contributed by atoms with Crippen molar-refractivity contribution >= 4 is 10.0 Å². The summed E-state index contributed by atoms with van der Waals surface area (Å²) in [5.41, 5.74) is 0. The maximum Gasteiger partial charge on any atom is 0.214 e. The van der Waals surface area contributed by atoms with Crippen molar-refractivity contribution in [2.75, 3.05) is 31.9 Å². The van der Waals surface area contributed by atoms with Gasteiger partial charge >= 0.3 is 0 Å². The number of sulfonamides is 1. The number of nitrogens with one attached hydrogen (secondary N) is 1. The highest BCUT2D eigenvalue weighted by Gasteiger charge is 2.28. The Morgan fingerprint density at radius 3 is 2.39 bits per heavy atom. The molecule has 0 radical (unpaired) electrons. The Morgan fingerprint density at radius 2 is 1.89 bits per heavy atom. The predicted octanol–water partition coefficient (Wildman–Crippen LogP) is 1.68. The summed E-state index contributed by atoms with van der Waals surface area (Å²) in [6.45, 7) is 9.61. The second-order valence-electron chi connectivity index (χ2n) is 5.50. The van der Waals surface area contributed by atoms with Crippen LogP contribution in [0, 0.1) is 11.8 Å². The summed E-state index contributed by atoms with van der Waals surface area (Å²) in [4.78, 5) is 0. The topological polar surface area (TPSA) is 49.4 Å². The summed E-state index contributed by atoms with van der Waals surface area (Å²) >= 11 is 0. The van der Waals surface area contributed by atoms with E-state index < -0.39 is 10.0 Å². The van der Waals surface area contributed by atoms with Crippen molar-refractivity contribution in [2.24, 2.45) is 11.8 Å². The maximum absolute atomic E-state index is 12.1. The Morgan fingerprint density at radius 1 is 1.28 bits per heavy atom. The van der Waals surface area contributed by atoms with Crippen LogP contribution in [0.4, 0.5) is 0 Å². The van der Waals surface area contributed by atoms with Gasteiger partial charge < -0.3 is 5.32 Å². The Hall–Kier alpha value is -0.130. The molecule has 0 unspecified atom stereocenters. The Labute approximate surface area is 112 Å². The molecule has 4 nitrogen and oxygen atoms in total. The van der Waals surface area contributed by atoms with Crippen LogP contribution in [-0.4, -0.2) is 44.7 Å². The minimum atomic E-state index is -3.02. The first kappa shape index (κ1) is 15.9. The van der Waals surface area contributed by atoms with E-state index in [1.165, 1.54) is 0 Å². The van der Waals surface area contributed by atoms with Gasteiger partial charge in [-0.2, -0.15) is 0 Å². The summed E-state index contributed by atoms with van der Waals surface area (Å²) in [5, 5.41) is 3.16. The molecule has 1 saturated heterocycles. The van der Waals surface area contributed by atoms with Gasteiger partial charge in [0.25, 0.3) is 0 Å². The number of hydrogen-bond donors (Lipinski definition) is 1. The molecule has 0 atom stereocenters. The van der Waals surface area contributed by atoms with E-state index in [4.69, 9.17) is 0 Å². The summed E-state index contributed by atoms with van der Waals surface area (Å²) in [6, 6.07) is 0. The number of nitrogens with zero attached hydrogens (tertiary/aromatic N) is 1. The lowest BCUT2D eigenvalue weighted by atomic mass is 9.87. The molecule has 1 fully saturated rings. The van der Waals surface area contributed by atoms with E-state index in [1.54, 1.807) is 4.31 Å². The van der Waals surface area contributed by atoms with E-state index >= 15 is 0 Å². The third-order valence-electron chi connectivity index (χ3n) is 3.84. The van der Waals surface area contributed by atoms with Crippen molar-refractivity contribution < 1.29 is 8.42 Å². The second-order valence-corrected chi connectivity index (χ2v) is 7.59. The molecule has 0 spiro atoms. The molecule has 0 aromatic heterocycles. The van der Waals surface area contributed by atoms with Gasteiger partial charge in [0.2, 0.25) is 10.0 Å². The lowest BCUT2D eigenvalue weighted by Crippen LogP contribution is -2.41. The third-order valence-corrected chi connectivity index (χ3v) is 5.80. The van der Waals surface area contributed by atoms with E-state index in [0.717, 1.165) is 25.9 Å². The molecule has 1 rings (SSSR count). The van der Waals surface area contributed by atoms with Crippen LogP contribution in [0.2, 0.25) is 0 Å². The molecule has 1 aliphatic rings. The third kappa shape index (κ3) is 4.86. The summed E-state index contributed by atoms with van der Waals surface area (Å²) in [6.07, 6.45) is 2.74. The van der Waals surface area contributed by atoms with Gasteiger partial charge in [0.15, 0.2) is 0 Å². The minimum absolute atomic E-state index is 0.284. The molecule has 0 aromatic carbocycles. The molecule has 0 aliphatic carbocycles. The zero-order chi connectivity index (χ0) is 13.6. The fourth-order valence-corrected chi connectivity index (χ4v) is 4.04. The highest BCUT2D eigenvalue weighted by atomic mass is 32.2. The normalized spacial score (nSPS) is 19.6. The lowest BCUT2D eigenvalue weighted by Gasteiger charge is -2.33. The Kier molecular flexibility index (Phi) is 6.60. The smallest absolute Gasteiger partial charge is 0.214 e. The van der Waals surface area contributed by atoms with Crippen molar-refractivity contribution in [3.05, 3.63) is 0 Å². The molecule has 1 N–H and O–H groups in total. The summed E-state index contributed by atoms with van der Waals surface area (Å²) in [5.74, 6) is 1.65. The molecule has 18 heavy (non-hydrogen) atoms. The van der Waals surface area contributed by atoms with Gasteiger partial charge in [-0.05, 0) is 44.2 Å². The first-order chi connectivity index (χ1) is 8.47. The molecule has 5 heteroatoms. The highest BCUT2D eigenvalue weighted by Crippen LogP contribution is 2.25. The summed E-state index contributed by atoms with van der Waals surface area (Å²) in [7, 11) is -3.02. The van der Waals surface area contributed by atoms with Gasteiger partial charge in [0, 0.05) is 13.1 Å². The fourth-order valence-electron chi connectivity index (χ4n) is 2.51. The number of piperidine rings is 1. The zero-order valence-corrected chi connectivity index (χ0v) is 12.8. The Bertz CT molecular complexity index is 320. The predicted molar refractivity (Wildman–Crippen MR) is 76.1 cm³/mol. The van der Waals surface area contributed by atoms with Gasteiger partial charge in [-0.25, -0.2) is 12.7 Å². The van der Waals surface area contributed by atoms with E-state index in [9.17, 15) is 8.42 Å². The molecular weight excluding hydrogens is 248 g/mol. The van der Waals surface area contributed by atoms with E-state index in [2.05, 4.69) is 19.2 Å². The van der Waals surface area contributed by atoms with Crippen LogP contribution in [0.15, 0.2) is 0 Å². The highest BCUT2D eigenvalue weighted by molar-refractivity contribution is 7.89. The quantitative estimate of drug-likeness (QED) is 0.720. The molecule has 108 valence electrons. The lowest BCUT2D eigenvalue weighted by molar-refractivity contribution is 0.226. The van der Waals surface area contributed by atoms with Crippen LogP contribution >= 0.6 is 0 Å². The molecule has 0 saturated carbocycles. The monoisotopic (exact) mass is 276 g/mol. The van der Waals surface area contributed by atoms with Crippen molar-refractivity contribution in [1.82, 2.24) is 9.62 Å². The van der Waals surface area contributed by atoms with Gasteiger partial charge in [-0.15, -0.1) is 0 Å². The fraction of sp³-hybridized carbons (Fsp3) is 1.00. The standard InChI is InChI=1S/C13H28N2O2S/c1-4-14-8-5-11-18(16,17)15-9-6-13(7-10-15)12(2)3/h12-14H,4-11H2,1-3H3. The average molecular weight is 276 g/mol. The Balaban J connectivity index is 2.36. The average Bonchev–Trinajstić information content (AvgIpc) is 2.35. The van der Waals surface area contributed by atoms with Gasteiger partial charge in [0.1, 0.15) is 0 Å². The van der Waals surface area contributed by atoms with Gasteiger partial charge in [0.05, 0.1) is 5.75 Å². The summed E-state index contributed by atoms with van der Waals surface area (Å²) < 4.78 is 25.9. The first-order valence-corrected chi connectivity index (χ1v) is 8.76. The van der Waals surface area contributed by atoms with Crippen molar-refractivity contribution in [1.29, 1.82) is 0 Å². The van der Waals surface area contributed by atoms with Crippen LogP contribution in [0.5, 0.6) is 0 Å². The van der Waals surface area contributed by atoms with E-state index in [0.29, 0.717) is 31.3 Å².